The summed E-state index contributed by atoms with van der Waals surface area (Å²) in [5.41, 5.74) is 6.06. The minimum absolute atomic E-state index is 0.214. The van der Waals surface area contributed by atoms with Crippen LogP contribution in [0.5, 0.6) is 0 Å². The molecule has 0 heterocycles. The van der Waals surface area contributed by atoms with Crippen LogP contribution in [-0.2, 0) is 4.79 Å². The Kier molecular flexibility index (Phi) is 3.97. The molecule has 1 atom stereocenters. The SMILES string of the molecule is CC(C)(C)C(Nc1cccc(Br)c1)C(N)=O. The van der Waals surface area contributed by atoms with Gasteiger partial charge < -0.3 is 11.1 Å². The van der Waals surface area contributed by atoms with Crippen molar-refractivity contribution in [2.75, 3.05) is 5.32 Å². The fourth-order valence-electron chi connectivity index (χ4n) is 1.46. The van der Waals surface area contributed by atoms with Crippen molar-refractivity contribution in [3.8, 4) is 0 Å². The molecule has 1 aromatic rings. The Balaban J connectivity index is 2.89. The van der Waals surface area contributed by atoms with Gasteiger partial charge in [-0.25, -0.2) is 0 Å². The van der Waals surface area contributed by atoms with Crippen molar-refractivity contribution in [2.24, 2.45) is 11.1 Å². The van der Waals surface area contributed by atoms with E-state index in [2.05, 4.69) is 21.2 Å². The summed E-state index contributed by atoms with van der Waals surface area (Å²) >= 11 is 3.38. The lowest BCUT2D eigenvalue weighted by Gasteiger charge is -2.29. The van der Waals surface area contributed by atoms with Crippen LogP contribution in [0.3, 0.4) is 0 Å². The Hall–Kier alpha value is -1.03. The van der Waals surface area contributed by atoms with Crippen molar-refractivity contribution >= 4 is 27.5 Å². The molecule has 0 aromatic heterocycles. The number of hydrogen-bond acceptors (Lipinski definition) is 2. The first-order chi connectivity index (χ1) is 7.30. The number of benzene rings is 1. The smallest absolute Gasteiger partial charge is 0.240 e. The van der Waals surface area contributed by atoms with Crippen molar-refractivity contribution < 1.29 is 4.79 Å². The molecule has 0 aliphatic rings. The second-order valence-corrected chi connectivity index (χ2v) is 5.77. The minimum Gasteiger partial charge on any atom is -0.373 e. The number of carbonyl (C=O) groups is 1. The first-order valence-electron chi connectivity index (χ1n) is 5.12. The van der Waals surface area contributed by atoms with Gasteiger partial charge in [0.1, 0.15) is 6.04 Å². The highest BCUT2D eigenvalue weighted by Gasteiger charge is 2.29. The Bertz CT molecular complexity index is 385. The Morgan fingerprint density at radius 1 is 1.44 bits per heavy atom. The summed E-state index contributed by atoms with van der Waals surface area (Å²) < 4.78 is 0.967. The summed E-state index contributed by atoms with van der Waals surface area (Å²) in [6, 6.07) is 7.28. The van der Waals surface area contributed by atoms with Gasteiger partial charge in [0.15, 0.2) is 0 Å². The molecule has 1 rings (SSSR count). The highest BCUT2D eigenvalue weighted by atomic mass is 79.9. The molecule has 1 aromatic carbocycles. The van der Waals surface area contributed by atoms with Crippen molar-refractivity contribution in [1.82, 2.24) is 0 Å². The first-order valence-corrected chi connectivity index (χ1v) is 5.91. The van der Waals surface area contributed by atoms with Gasteiger partial charge in [0, 0.05) is 10.2 Å². The molecule has 3 nitrogen and oxygen atoms in total. The van der Waals surface area contributed by atoms with E-state index in [1.165, 1.54) is 0 Å². The molecule has 4 heteroatoms. The largest absolute Gasteiger partial charge is 0.373 e. The number of halogens is 1. The van der Waals surface area contributed by atoms with Crippen LogP contribution in [0.15, 0.2) is 28.7 Å². The number of amides is 1. The van der Waals surface area contributed by atoms with Crippen LogP contribution in [0, 0.1) is 5.41 Å². The second-order valence-electron chi connectivity index (χ2n) is 4.86. The second kappa shape index (κ2) is 4.87. The number of nitrogens with one attached hydrogen (secondary N) is 1. The highest BCUT2D eigenvalue weighted by Crippen LogP contribution is 2.24. The zero-order valence-corrected chi connectivity index (χ0v) is 11.3. The lowest BCUT2D eigenvalue weighted by Crippen LogP contribution is -2.45. The van der Waals surface area contributed by atoms with Gasteiger partial charge in [-0.1, -0.05) is 42.8 Å². The van der Waals surface area contributed by atoms with Crippen molar-refractivity contribution in [1.29, 1.82) is 0 Å². The summed E-state index contributed by atoms with van der Waals surface area (Å²) in [6.07, 6.45) is 0. The average Bonchev–Trinajstić information content (AvgIpc) is 2.12. The van der Waals surface area contributed by atoms with Crippen molar-refractivity contribution in [3.63, 3.8) is 0 Å². The lowest BCUT2D eigenvalue weighted by atomic mass is 9.86. The molecule has 0 radical (unpaired) electrons. The molecule has 0 aliphatic carbocycles. The molecule has 0 bridgehead atoms. The van der Waals surface area contributed by atoms with Gasteiger partial charge in [0.2, 0.25) is 5.91 Å². The molecular formula is C12H17BrN2O. The molecule has 0 fully saturated rings. The third-order valence-electron chi connectivity index (χ3n) is 2.29. The zero-order chi connectivity index (χ0) is 12.3. The van der Waals surface area contributed by atoms with Crippen LogP contribution in [0.4, 0.5) is 5.69 Å². The molecule has 0 aliphatic heterocycles. The number of rotatable bonds is 3. The summed E-state index contributed by atoms with van der Waals surface area (Å²) in [5.74, 6) is -0.340. The Labute approximate surface area is 105 Å². The van der Waals surface area contributed by atoms with Gasteiger partial charge in [-0.05, 0) is 23.6 Å². The van der Waals surface area contributed by atoms with E-state index in [4.69, 9.17) is 5.73 Å². The summed E-state index contributed by atoms with van der Waals surface area (Å²) in [5, 5.41) is 3.15. The van der Waals surface area contributed by atoms with Gasteiger partial charge in [-0.2, -0.15) is 0 Å². The topological polar surface area (TPSA) is 55.1 Å². The maximum atomic E-state index is 11.4. The third kappa shape index (κ3) is 3.52. The van der Waals surface area contributed by atoms with Crippen LogP contribution in [-0.4, -0.2) is 11.9 Å². The predicted molar refractivity (Wildman–Crippen MR) is 70.2 cm³/mol. The van der Waals surface area contributed by atoms with E-state index in [-0.39, 0.29) is 17.4 Å². The lowest BCUT2D eigenvalue weighted by molar-refractivity contribution is -0.120. The molecule has 1 amide bonds. The Morgan fingerprint density at radius 2 is 2.06 bits per heavy atom. The van der Waals surface area contributed by atoms with E-state index in [1.54, 1.807) is 0 Å². The fourth-order valence-corrected chi connectivity index (χ4v) is 1.86. The van der Waals surface area contributed by atoms with Crippen LogP contribution in [0.1, 0.15) is 20.8 Å². The van der Waals surface area contributed by atoms with Gasteiger partial charge in [0.25, 0.3) is 0 Å². The molecule has 0 saturated carbocycles. The number of nitrogens with two attached hydrogens (primary N) is 1. The van der Waals surface area contributed by atoms with E-state index in [0.717, 1.165) is 10.2 Å². The van der Waals surface area contributed by atoms with Crippen LogP contribution in [0.2, 0.25) is 0 Å². The number of anilines is 1. The Morgan fingerprint density at radius 3 is 2.50 bits per heavy atom. The molecule has 3 N–H and O–H groups in total. The molecule has 0 saturated heterocycles. The van der Waals surface area contributed by atoms with Crippen LogP contribution in [0.25, 0.3) is 0 Å². The molecule has 1 unspecified atom stereocenters. The average molecular weight is 285 g/mol. The van der Waals surface area contributed by atoms with E-state index in [0.29, 0.717) is 0 Å². The third-order valence-corrected chi connectivity index (χ3v) is 2.78. The van der Waals surface area contributed by atoms with E-state index >= 15 is 0 Å². The van der Waals surface area contributed by atoms with Gasteiger partial charge >= 0.3 is 0 Å². The molecular weight excluding hydrogens is 268 g/mol. The maximum Gasteiger partial charge on any atom is 0.240 e. The number of primary amides is 1. The first kappa shape index (κ1) is 13.0. The number of carbonyl (C=O) groups excluding carboxylic acids is 1. The van der Waals surface area contributed by atoms with E-state index < -0.39 is 0 Å². The summed E-state index contributed by atoms with van der Waals surface area (Å²) in [7, 11) is 0. The standard InChI is InChI=1S/C12H17BrN2O/c1-12(2,3)10(11(14)16)15-9-6-4-5-8(13)7-9/h4-7,10,15H,1-3H3,(H2,14,16). The van der Waals surface area contributed by atoms with Gasteiger partial charge in [0.05, 0.1) is 0 Å². The van der Waals surface area contributed by atoms with Crippen LogP contribution >= 0.6 is 15.9 Å². The maximum absolute atomic E-state index is 11.4. The monoisotopic (exact) mass is 284 g/mol. The van der Waals surface area contributed by atoms with Crippen LogP contribution < -0.4 is 11.1 Å². The molecule has 16 heavy (non-hydrogen) atoms. The normalized spacial score (nSPS) is 13.2. The summed E-state index contributed by atoms with van der Waals surface area (Å²) in [6.45, 7) is 5.94. The van der Waals surface area contributed by atoms with Gasteiger partial charge in [-0.3, -0.25) is 4.79 Å². The zero-order valence-electron chi connectivity index (χ0n) is 9.75. The predicted octanol–water partition coefficient (Wildman–Crippen LogP) is 2.76. The quantitative estimate of drug-likeness (QED) is 0.897. The van der Waals surface area contributed by atoms with E-state index in [9.17, 15) is 4.79 Å². The highest BCUT2D eigenvalue weighted by molar-refractivity contribution is 9.10. The summed E-state index contributed by atoms with van der Waals surface area (Å²) in [4.78, 5) is 11.4. The molecule has 0 spiro atoms. The fraction of sp³-hybridized carbons (Fsp3) is 0.417. The molecule has 88 valence electrons. The van der Waals surface area contributed by atoms with Crippen molar-refractivity contribution in [3.05, 3.63) is 28.7 Å². The van der Waals surface area contributed by atoms with Crippen molar-refractivity contribution in [2.45, 2.75) is 26.8 Å². The minimum atomic E-state index is -0.387. The number of hydrogen-bond donors (Lipinski definition) is 2. The van der Waals surface area contributed by atoms with Gasteiger partial charge in [-0.15, -0.1) is 0 Å². The van der Waals surface area contributed by atoms with E-state index in [1.807, 2.05) is 45.0 Å².